The summed E-state index contributed by atoms with van der Waals surface area (Å²) in [4.78, 5) is 29.5. The molecule has 1 aromatic heterocycles. The van der Waals surface area contributed by atoms with Gasteiger partial charge in [0.1, 0.15) is 11.3 Å². The minimum Gasteiger partial charge on any atom is -0.427 e. The summed E-state index contributed by atoms with van der Waals surface area (Å²) in [5.74, 6) is 2.33. The first kappa shape index (κ1) is 18.9. The minimum absolute atomic E-state index is 0.170. The number of carbonyl (C=O) groups is 1. The summed E-state index contributed by atoms with van der Waals surface area (Å²) in [7, 11) is 4.18. The number of hydrogen-bond acceptors (Lipinski definition) is 4. The molecule has 3 atom stereocenters. The van der Waals surface area contributed by atoms with Crippen molar-refractivity contribution in [1.82, 2.24) is 9.80 Å². The van der Waals surface area contributed by atoms with Gasteiger partial charge in [0, 0.05) is 26.1 Å². The molecular formula is C23H28N2O3. The van der Waals surface area contributed by atoms with Gasteiger partial charge in [0.05, 0.1) is 0 Å². The van der Waals surface area contributed by atoms with E-state index in [1.165, 1.54) is 5.56 Å². The Hall–Kier alpha value is -2.40. The molecule has 1 aliphatic carbocycles. The Kier molecular flexibility index (Phi) is 5.11. The van der Waals surface area contributed by atoms with E-state index in [0.717, 1.165) is 31.6 Å². The number of fused-ring (bicyclic) bond motifs is 1. The maximum atomic E-state index is 12.9. The maximum Gasteiger partial charge on any atom is 0.349 e. The third-order valence-corrected chi connectivity index (χ3v) is 6.15. The average molecular weight is 380 g/mol. The smallest absolute Gasteiger partial charge is 0.349 e. The fraction of sp³-hybridized carbons (Fsp3) is 0.478. The SMILES string of the molecule is Cc1cc(CCc2ccccc2)oc(=O)c1C(=O)N1C[C@@H]2C(CN(C)C)[C@@H]2C1. The van der Waals surface area contributed by atoms with Crippen LogP contribution < -0.4 is 5.63 Å². The van der Waals surface area contributed by atoms with E-state index in [4.69, 9.17) is 4.42 Å². The van der Waals surface area contributed by atoms with Gasteiger partial charge in [-0.1, -0.05) is 30.3 Å². The number of hydrogen-bond donors (Lipinski definition) is 0. The molecule has 1 saturated carbocycles. The van der Waals surface area contributed by atoms with Crippen LogP contribution in [0.2, 0.25) is 0 Å². The molecule has 1 aliphatic heterocycles. The van der Waals surface area contributed by atoms with Gasteiger partial charge in [-0.3, -0.25) is 4.79 Å². The summed E-state index contributed by atoms with van der Waals surface area (Å²) >= 11 is 0. The number of nitrogens with zero attached hydrogens (tertiary/aromatic N) is 2. The Morgan fingerprint density at radius 3 is 2.43 bits per heavy atom. The first-order valence-electron chi connectivity index (χ1n) is 10.1. The fourth-order valence-corrected chi connectivity index (χ4v) is 4.63. The largest absolute Gasteiger partial charge is 0.427 e. The van der Waals surface area contributed by atoms with E-state index >= 15 is 0 Å². The van der Waals surface area contributed by atoms with E-state index in [9.17, 15) is 9.59 Å². The number of benzene rings is 1. The highest BCUT2D eigenvalue weighted by molar-refractivity contribution is 5.95. The van der Waals surface area contributed by atoms with Crippen LogP contribution in [0.5, 0.6) is 0 Å². The van der Waals surface area contributed by atoms with Crippen molar-refractivity contribution in [2.24, 2.45) is 17.8 Å². The van der Waals surface area contributed by atoms with Crippen LogP contribution >= 0.6 is 0 Å². The van der Waals surface area contributed by atoms with Crippen molar-refractivity contribution in [3.63, 3.8) is 0 Å². The number of aryl methyl sites for hydroxylation is 3. The molecule has 0 N–H and O–H groups in total. The maximum absolute atomic E-state index is 12.9. The van der Waals surface area contributed by atoms with E-state index in [1.807, 2.05) is 36.1 Å². The van der Waals surface area contributed by atoms with E-state index in [-0.39, 0.29) is 11.5 Å². The molecule has 28 heavy (non-hydrogen) atoms. The normalized spacial score (nSPS) is 23.1. The highest BCUT2D eigenvalue weighted by Crippen LogP contribution is 2.52. The standard InChI is InChI=1S/C23H28N2O3/c1-15-11-17(10-9-16-7-5-4-6-8-16)28-23(27)21(15)22(26)25-13-19-18(12-24(2)3)20(19)14-25/h4-8,11,18-20H,9-10,12-14H2,1-3H3/t18?,19-,20+. The zero-order chi connectivity index (χ0) is 19.8. The summed E-state index contributed by atoms with van der Waals surface area (Å²) < 4.78 is 5.49. The lowest BCUT2D eigenvalue weighted by molar-refractivity contribution is 0.0759. The van der Waals surface area contributed by atoms with E-state index in [2.05, 4.69) is 31.1 Å². The van der Waals surface area contributed by atoms with Crippen molar-refractivity contribution in [3.8, 4) is 0 Å². The first-order valence-corrected chi connectivity index (χ1v) is 10.1. The van der Waals surface area contributed by atoms with Gasteiger partial charge in [-0.25, -0.2) is 4.79 Å². The lowest BCUT2D eigenvalue weighted by atomic mass is 10.1. The molecule has 148 valence electrons. The lowest BCUT2D eigenvalue weighted by Crippen LogP contribution is -2.36. The average Bonchev–Trinajstić information content (AvgIpc) is 3.09. The third-order valence-electron chi connectivity index (χ3n) is 6.15. The molecule has 2 aromatic rings. The summed E-state index contributed by atoms with van der Waals surface area (Å²) in [5, 5.41) is 0. The second-order valence-electron chi connectivity index (χ2n) is 8.51. The molecule has 0 spiro atoms. The predicted octanol–water partition coefficient (Wildman–Crippen LogP) is 2.61. The molecule has 1 unspecified atom stereocenters. The highest BCUT2D eigenvalue weighted by Gasteiger charge is 2.56. The Labute approximate surface area is 166 Å². The van der Waals surface area contributed by atoms with Crippen LogP contribution in [0.1, 0.15) is 27.2 Å². The molecule has 2 fully saturated rings. The van der Waals surface area contributed by atoms with E-state index in [1.54, 1.807) is 0 Å². The predicted molar refractivity (Wildman–Crippen MR) is 108 cm³/mol. The molecule has 1 aromatic carbocycles. The number of carbonyl (C=O) groups excluding carboxylic acids is 1. The number of piperidine rings is 1. The molecule has 4 rings (SSSR count). The monoisotopic (exact) mass is 380 g/mol. The van der Waals surface area contributed by atoms with Crippen LogP contribution in [0, 0.1) is 24.7 Å². The van der Waals surface area contributed by atoms with Crippen LogP contribution in [0.25, 0.3) is 0 Å². The van der Waals surface area contributed by atoms with Gasteiger partial charge in [-0.15, -0.1) is 0 Å². The van der Waals surface area contributed by atoms with Crippen molar-refractivity contribution in [1.29, 1.82) is 0 Å². The summed E-state index contributed by atoms with van der Waals surface area (Å²) in [5.41, 5.74) is 1.62. The molecule has 2 aliphatic rings. The molecular weight excluding hydrogens is 352 g/mol. The number of rotatable bonds is 6. The van der Waals surface area contributed by atoms with Gasteiger partial charge >= 0.3 is 5.63 Å². The first-order chi connectivity index (χ1) is 13.4. The van der Waals surface area contributed by atoms with Crippen LogP contribution in [0.3, 0.4) is 0 Å². The summed E-state index contributed by atoms with van der Waals surface area (Å²) in [6.07, 6.45) is 1.45. The third kappa shape index (κ3) is 3.76. The van der Waals surface area contributed by atoms with Crippen molar-refractivity contribution < 1.29 is 9.21 Å². The van der Waals surface area contributed by atoms with Crippen molar-refractivity contribution in [2.45, 2.75) is 19.8 Å². The van der Waals surface area contributed by atoms with E-state index in [0.29, 0.717) is 29.9 Å². The van der Waals surface area contributed by atoms with Gasteiger partial charge in [-0.05, 0) is 62.4 Å². The fourth-order valence-electron chi connectivity index (χ4n) is 4.63. The van der Waals surface area contributed by atoms with Gasteiger partial charge < -0.3 is 14.2 Å². The molecule has 1 amide bonds. The van der Waals surface area contributed by atoms with Gasteiger partial charge in [-0.2, -0.15) is 0 Å². The van der Waals surface area contributed by atoms with E-state index < -0.39 is 5.63 Å². The Balaban J connectivity index is 1.41. The molecule has 0 bridgehead atoms. The topological polar surface area (TPSA) is 53.8 Å². The molecule has 5 heteroatoms. The second-order valence-corrected chi connectivity index (χ2v) is 8.51. The summed E-state index contributed by atoms with van der Waals surface area (Å²) in [6.45, 7) is 4.43. The quantitative estimate of drug-likeness (QED) is 0.773. The Bertz CT molecular complexity index is 907. The van der Waals surface area contributed by atoms with Crippen LogP contribution in [-0.2, 0) is 12.8 Å². The van der Waals surface area contributed by atoms with Crippen LogP contribution in [-0.4, -0.2) is 49.4 Å². The Morgan fingerprint density at radius 2 is 1.82 bits per heavy atom. The van der Waals surface area contributed by atoms with Crippen molar-refractivity contribution >= 4 is 5.91 Å². The van der Waals surface area contributed by atoms with Crippen LogP contribution in [0.4, 0.5) is 0 Å². The number of amides is 1. The zero-order valence-electron chi connectivity index (χ0n) is 16.9. The van der Waals surface area contributed by atoms with Crippen molar-refractivity contribution in [2.75, 3.05) is 33.7 Å². The highest BCUT2D eigenvalue weighted by atomic mass is 16.4. The second kappa shape index (κ2) is 7.55. The zero-order valence-corrected chi connectivity index (χ0v) is 16.9. The summed E-state index contributed by atoms with van der Waals surface area (Å²) in [6, 6.07) is 12.0. The molecule has 2 heterocycles. The minimum atomic E-state index is -0.501. The van der Waals surface area contributed by atoms with Crippen LogP contribution in [0.15, 0.2) is 45.6 Å². The Morgan fingerprint density at radius 1 is 1.14 bits per heavy atom. The van der Waals surface area contributed by atoms with Crippen molar-refractivity contribution in [3.05, 3.63) is 69.3 Å². The molecule has 5 nitrogen and oxygen atoms in total. The van der Waals surface area contributed by atoms with Gasteiger partial charge in [0.25, 0.3) is 5.91 Å². The van der Waals surface area contributed by atoms with Gasteiger partial charge in [0.2, 0.25) is 0 Å². The molecule has 1 saturated heterocycles. The van der Waals surface area contributed by atoms with Gasteiger partial charge in [0.15, 0.2) is 0 Å². The number of likely N-dealkylation sites (tertiary alicyclic amines) is 1. The molecule has 0 radical (unpaired) electrons. The lowest BCUT2D eigenvalue weighted by Gasteiger charge is -2.21.